The highest BCUT2D eigenvalue weighted by molar-refractivity contribution is 5.81. The number of hydrogen-bond acceptors (Lipinski definition) is 6. The van der Waals surface area contributed by atoms with Crippen LogP contribution >= 0.6 is 0 Å². The summed E-state index contributed by atoms with van der Waals surface area (Å²) in [6, 6.07) is 1.75. The highest BCUT2D eigenvalue weighted by Crippen LogP contribution is 2.18. The standard InChI is InChI=1S/C12H18N4O3/c1-15(2)12(17)9-7-16(4-5-19-9)10-6-11(18-3)14-8-13-10/h6,8-9H,4-5,7H2,1-3H3. The smallest absolute Gasteiger partial charge is 0.253 e. The molecular weight excluding hydrogens is 248 g/mol. The fourth-order valence-corrected chi connectivity index (χ4v) is 1.91. The van der Waals surface area contributed by atoms with E-state index in [1.165, 1.54) is 11.2 Å². The van der Waals surface area contributed by atoms with Crippen molar-refractivity contribution in [2.75, 3.05) is 45.8 Å². The minimum Gasteiger partial charge on any atom is -0.481 e. The van der Waals surface area contributed by atoms with Gasteiger partial charge in [0.25, 0.3) is 5.91 Å². The Balaban J connectivity index is 2.10. The van der Waals surface area contributed by atoms with E-state index in [-0.39, 0.29) is 5.91 Å². The summed E-state index contributed by atoms with van der Waals surface area (Å²) >= 11 is 0. The van der Waals surface area contributed by atoms with Gasteiger partial charge >= 0.3 is 0 Å². The van der Waals surface area contributed by atoms with Crippen LogP contribution in [0.2, 0.25) is 0 Å². The number of anilines is 1. The molecule has 7 heteroatoms. The van der Waals surface area contributed by atoms with Crippen molar-refractivity contribution in [2.24, 2.45) is 0 Å². The molecule has 2 heterocycles. The van der Waals surface area contributed by atoms with Crippen molar-refractivity contribution < 1.29 is 14.3 Å². The highest BCUT2D eigenvalue weighted by Gasteiger charge is 2.28. The number of ether oxygens (including phenoxy) is 2. The number of carbonyl (C=O) groups excluding carboxylic acids is 1. The summed E-state index contributed by atoms with van der Waals surface area (Å²) in [6.07, 6.45) is 0.997. The van der Waals surface area contributed by atoms with Gasteiger partial charge in [-0.1, -0.05) is 0 Å². The molecule has 0 saturated carbocycles. The Morgan fingerprint density at radius 3 is 3.00 bits per heavy atom. The SMILES string of the molecule is COc1cc(N2CCOC(C(=O)N(C)C)C2)ncn1. The van der Waals surface area contributed by atoms with Crippen LogP contribution in [0.5, 0.6) is 5.88 Å². The average molecular weight is 266 g/mol. The maximum atomic E-state index is 11.9. The molecule has 0 N–H and O–H groups in total. The molecule has 1 fully saturated rings. The van der Waals surface area contributed by atoms with Gasteiger partial charge < -0.3 is 19.3 Å². The number of rotatable bonds is 3. The van der Waals surface area contributed by atoms with E-state index in [1.54, 1.807) is 27.3 Å². The third-order valence-corrected chi connectivity index (χ3v) is 2.94. The second kappa shape index (κ2) is 5.83. The molecular formula is C12H18N4O3. The number of nitrogens with zero attached hydrogens (tertiary/aromatic N) is 4. The molecule has 2 rings (SSSR count). The van der Waals surface area contributed by atoms with Gasteiger partial charge in [-0.05, 0) is 0 Å². The molecule has 7 nitrogen and oxygen atoms in total. The number of hydrogen-bond donors (Lipinski definition) is 0. The zero-order valence-corrected chi connectivity index (χ0v) is 11.4. The van der Waals surface area contributed by atoms with E-state index >= 15 is 0 Å². The van der Waals surface area contributed by atoms with Crippen LogP contribution in [0.3, 0.4) is 0 Å². The molecule has 0 aromatic carbocycles. The predicted octanol–water partition coefficient (Wildman–Crippen LogP) is -0.221. The Bertz CT molecular complexity index is 452. The van der Waals surface area contributed by atoms with Crippen LogP contribution in [0, 0.1) is 0 Å². The number of amides is 1. The third kappa shape index (κ3) is 3.11. The second-order valence-electron chi connectivity index (χ2n) is 4.46. The number of likely N-dealkylation sites (N-methyl/N-ethyl adjacent to an activating group) is 1. The summed E-state index contributed by atoms with van der Waals surface area (Å²) in [5.74, 6) is 1.21. The quantitative estimate of drug-likeness (QED) is 0.753. The number of morpholine rings is 1. The van der Waals surface area contributed by atoms with Crippen LogP contribution in [0.15, 0.2) is 12.4 Å². The molecule has 1 saturated heterocycles. The molecule has 0 radical (unpaired) electrons. The largest absolute Gasteiger partial charge is 0.481 e. The first-order valence-electron chi connectivity index (χ1n) is 6.05. The van der Waals surface area contributed by atoms with E-state index in [2.05, 4.69) is 9.97 Å². The van der Waals surface area contributed by atoms with Crippen molar-refractivity contribution in [3.63, 3.8) is 0 Å². The summed E-state index contributed by atoms with van der Waals surface area (Å²) in [4.78, 5) is 23.6. The van der Waals surface area contributed by atoms with Gasteiger partial charge in [-0.25, -0.2) is 9.97 Å². The van der Waals surface area contributed by atoms with E-state index in [0.29, 0.717) is 25.6 Å². The van der Waals surface area contributed by atoms with Crippen molar-refractivity contribution in [3.05, 3.63) is 12.4 Å². The maximum absolute atomic E-state index is 11.9. The molecule has 19 heavy (non-hydrogen) atoms. The first-order valence-corrected chi connectivity index (χ1v) is 6.05. The van der Waals surface area contributed by atoms with Gasteiger partial charge in [0.05, 0.1) is 20.3 Å². The zero-order chi connectivity index (χ0) is 13.8. The average Bonchev–Trinajstić information content (AvgIpc) is 2.46. The fourth-order valence-electron chi connectivity index (χ4n) is 1.91. The van der Waals surface area contributed by atoms with E-state index in [4.69, 9.17) is 9.47 Å². The van der Waals surface area contributed by atoms with Crippen molar-refractivity contribution in [3.8, 4) is 5.88 Å². The minimum atomic E-state index is -0.454. The Morgan fingerprint density at radius 2 is 2.32 bits per heavy atom. The minimum absolute atomic E-state index is 0.0364. The van der Waals surface area contributed by atoms with Gasteiger partial charge in [0.15, 0.2) is 6.10 Å². The summed E-state index contributed by atoms with van der Waals surface area (Å²) < 4.78 is 10.6. The molecule has 1 aliphatic heterocycles. The molecule has 1 aromatic heterocycles. The number of aromatic nitrogens is 2. The van der Waals surface area contributed by atoms with Crippen LogP contribution in [0.4, 0.5) is 5.82 Å². The van der Waals surface area contributed by atoms with Gasteiger partial charge in [-0.15, -0.1) is 0 Å². The second-order valence-corrected chi connectivity index (χ2v) is 4.46. The number of carbonyl (C=O) groups is 1. The van der Waals surface area contributed by atoms with Gasteiger partial charge in [0.2, 0.25) is 5.88 Å². The van der Waals surface area contributed by atoms with Crippen LogP contribution < -0.4 is 9.64 Å². The number of methoxy groups -OCH3 is 1. The van der Waals surface area contributed by atoms with E-state index < -0.39 is 6.10 Å². The summed E-state index contributed by atoms with van der Waals surface area (Å²) in [6.45, 7) is 1.67. The lowest BCUT2D eigenvalue weighted by Crippen LogP contribution is -2.49. The highest BCUT2D eigenvalue weighted by atomic mass is 16.5. The maximum Gasteiger partial charge on any atom is 0.253 e. The predicted molar refractivity (Wildman–Crippen MR) is 69.2 cm³/mol. The van der Waals surface area contributed by atoms with Crippen LogP contribution in [-0.2, 0) is 9.53 Å². The van der Waals surface area contributed by atoms with Crippen molar-refractivity contribution in [1.29, 1.82) is 0 Å². The molecule has 0 bridgehead atoms. The Kier molecular flexibility index (Phi) is 4.16. The molecule has 0 aliphatic carbocycles. The van der Waals surface area contributed by atoms with E-state index in [1.807, 2.05) is 4.90 Å². The van der Waals surface area contributed by atoms with Gasteiger partial charge in [0.1, 0.15) is 12.1 Å². The Labute approximate surface area is 112 Å². The van der Waals surface area contributed by atoms with Crippen molar-refractivity contribution in [1.82, 2.24) is 14.9 Å². The molecule has 0 spiro atoms. The first-order chi connectivity index (χ1) is 9.11. The summed E-state index contributed by atoms with van der Waals surface area (Å²) in [5.41, 5.74) is 0. The van der Waals surface area contributed by atoms with Crippen LogP contribution in [0.1, 0.15) is 0 Å². The summed E-state index contributed by atoms with van der Waals surface area (Å²) in [7, 11) is 5.00. The Morgan fingerprint density at radius 1 is 1.53 bits per heavy atom. The van der Waals surface area contributed by atoms with Crippen LogP contribution in [0.25, 0.3) is 0 Å². The topological polar surface area (TPSA) is 67.8 Å². The normalized spacial score (nSPS) is 19.1. The van der Waals surface area contributed by atoms with Crippen LogP contribution in [-0.4, -0.2) is 67.8 Å². The van der Waals surface area contributed by atoms with Gasteiger partial charge in [-0.2, -0.15) is 0 Å². The molecule has 1 amide bonds. The van der Waals surface area contributed by atoms with Gasteiger partial charge in [0, 0.05) is 26.7 Å². The van der Waals surface area contributed by atoms with Crippen molar-refractivity contribution >= 4 is 11.7 Å². The monoisotopic (exact) mass is 266 g/mol. The molecule has 104 valence electrons. The lowest BCUT2D eigenvalue weighted by atomic mass is 10.2. The van der Waals surface area contributed by atoms with Crippen molar-refractivity contribution in [2.45, 2.75) is 6.10 Å². The van der Waals surface area contributed by atoms with Gasteiger partial charge in [-0.3, -0.25) is 4.79 Å². The molecule has 1 aliphatic rings. The molecule has 1 unspecified atom stereocenters. The fraction of sp³-hybridized carbons (Fsp3) is 0.583. The molecule has 1 atom stereocenters. The zero-order valence-electron chi connectivity index (χ0n) is 11.4. The Hall–Kier alpha value is -1.89. The first kappa shape index (κ1) is 13.5. The molecule has 1 aromatic rings. The summed E-state index contributed by atoms with van der Waals surface area (Å²) in [5, 5.41) is 0. The van der Waals surface area contributed by atoms with E-state index in [9.17, 15) is 4.79 Å². The van der Waals surface area contributed by atoms with E-state index in [0.717, 1.165) is 5.82 Å². The lowest BCUT2D eigenvalue weighted by Gasteiger charge is -2.33. The third-order valence-electron chi connectivity index (χ3n) is 2.94. The lowest BCUT2D eigenvalue weighted by molar-refractivity contribution is -0.141.